The average Bonchev–Trinajstić information content (AvgIpc) is 2.74. The highest BCUT2D eigenvalue weighted by Crippen LogP contribution is 2.23. The fourth-order valence-corrected chi connectivity index (χ4v) is 3.74. The first-order chi connectivity index (χ1) is 15.2. The third-order valence-electron chi connectivity index (χ3n) is 5.94. The third kappa shape index (κ3) is 6.84. The Bertz CT molecular complexity index is 938. The predicted octanol–water partition coefficient (Wildman–Crippen LogP) is 5.02. The number of rotatable bonds is 10. The van der Waals surface area contributed by atoms with Gasteiger partial charge in [0.2, 0.25) is 5.91 Å². The number of carbonyl (C=O) groups is 2. The van der Waals surface area contributed by atoms with Crippen LogP contribution in [0.2, 0.25) is 0 Å². The van der Waals surface area contributed by atoms with Crippen molar-refractivity contribution < 1.29 is 14.3 Å². The molecule has 2 rings (SSSR count). The first-order valence-corrected chi connectivity index (χ1v) is 11.5. The van der Waals surface area contributed by atoms with E-state index in [9.17, 15) is 9.59 Å². The van der Waals surface area contributed by atoms with Crippen LogP contribution in [0.15, 0.2) is 36.4 Å². The number of benzene rings is 2. The summed E-state index contributed by atoms with van der Waals surface area (Å²) in [5, 5.41) is 3.04. The fourth-order valence-electron chi connectivity index (χ4n) is 3.74. The molecule has 0 aliphatic carbocycles. The molecule has 0 spiro atoms. The van der Waals surface area contributed by atoms with E-state index in [-0.39, 0.29) is 24.5 Å². The van der Waals surface area contributed by atoms with Crippen LogP contribution in [-0.2, 0) is 16.1 Å². The molecule has 0 saturated heterocycles. The molecule has 5 nitrogen and oxygen atoms in total. The molecule has 0 aliphatic heterocycles. The predicted molar refractivity (Wildman–Crippen MR) is 130 cm³/mol. The summed E-state index contributed by atoms with van der Waals surface area (Å²) in [5.41, 5.74) is 5.36. The smallest absolute Gasteiger partial charge is 0.261 e. The molecule has 2 atom stereocenters. The Morgan fingerprint density at radius 1 is 1.00 bits per heavy atom. The van der Waals surface area contributed by atoms with E-state index in [0.29, 0.717) is 18.7 Å². The monoisotopic (exact) mass is 438 g/mol. The van der Waals surface area contributed by atoms with E-state index >= 15 is 0 Å². The maximum atomic E-state index is 13.4. The minimum atomic E-state index is -0.555. The van der Waals surface area contributed by atoms with Gasteiger partial charge in [0.25, 0.3) is 5.91 Å². The van der Waals surface area contributed by atoms with Crippen LogP contribution >= 0.6 is 0 Å². The van der Waals surface area contributed by atoms with Gasteiger partial charge in [0.15, 0.2) is 6.61 Å². The van der Waals surface area contributed by atoms with Crippen molar-refractivity contribution in [2.45, 2.75) is 79.9 Å². The Labute approximate surface area is 193 Å². The SMILES string of the molecule is CC[C@H](C(=O)N[C@@H](C)CC)N(Cc1cccc(C)c1)C(=O)COc1cc(C)cc(C)c1C. The summed E-state index contributed by atoms with van der Waals surface area (Å²) < 4.78 is 5.96. The van der Waals surface area contributed by atoms with Gasteiger partial charge in [0.1, 0.15) is 11.8 Å². The van der Waals surface area contributed by atoms with Gasteiger partial charge in [-0.05, 0) is 75.8 Å². The molecule has 2 amide bonds. The first kappa shape index (κ1) is 25.4. The second-order valence-electron chi connectivity index (χ2n) is 8.75. The maximum Gasteiger partial charge on any atom is 0.261 e. The Morgan fingerprint density at radius 3 is 2.34 bits per heavy atom. The zero-order valence-electron chi connectivity index (χ0n) is 20.6. The number of ether oxygens (including phenoxy) is 1. The zero-order valence-corrected chi connectivity index (χ0v) is 20.6. The molecule has 0 radical (unpaired) electrons. The van der Waals surface area contributed by atoms with Crippen molar-refractivity contribution in [3.63, 3.8) is 0 Å². The van der Waals surface area contributed by atoms with E-state index in [1.54, 1.807) is 4.90 Å². The number of carbonyl (C=O) groups excluding carboxylic acids is 2. The highest BCUT2D eigenvalue weighted by atomic mass is 16.5. The van der Waals surface area contributed by atoms with Gasteiger partial charge in [-0.3, -0.25) is 9.59 Å². The van der Waals surface area contributed by atoms with Crippen molar-refractivity contribution in [3.05, 3.63) is 64.2 Å². The highest BCUT2D eigenvalue weighted by Gasteiger charge is 2.29. The van der Waals surface area contributed by atoms with Gasteiger partial charge in [-0.1, -0.05) is 49.7 Å². The molecule has 0 aliphatic rings. The average molecular weight is 439 g/mol. The first-order valence-electron chi connectivity index (χ1n) is 11.5. The molecule has 0 unspecified atom stereocenters. The molecule has 2 aromatic carbocycles. The van der Waals surface area contributed by atoms with Crippen molar-refractivity contribution in [1.29, 1.82) is 0 Å². The van der Waals surface area contributed by atoms with Crippen molar-refractivity contribution in [2.75, 3.05) is 6.61 Å². The van der Waals surface area contributed by atoms with Crippen LogP contribution < -0.4 is 10.1 Å². The van der Waals surface area contributed by atoms with Gasteiger partial charge in [-0.15, -0.1) is 0 Å². The number of nitrogens with zero attached hydrogens (tertiary/aromatic N) is 1. The van der Waals surface area contributed by atoms with Gasteiger partial charge in [0.05, 0.1) is 0 Å². The number of hydrogen-bond donors (Lipinski definition) is 1. The lowest BCUT2D eigenvalue weighted by Crippen LogP contribution is -2.51. The van der Waals surface area contributed by atoms with E-state index in [0.717, 1.165) is 34.2 Å². The van der Waals surface area contributed by atoms with Crippen LogP contribution in [0, 0.1) is 27.7 Å². The van der Waals surface area contributed by atoms with Crippen LogP contribution in [0.5, 0.6) is 5.75 Å². The molecule has 32 heavy (non-hydrogen) atoms. The second kappa shape index (κ2) is 11.7. The molecule has 0 fully saturated rings. The van der Waals surface area contributed by atoms with E-state index in [4.69, 9.17) is 4.74 Å². The topological polar surface area (TPSA) is 58.6 Å². The second-order valence-corrected chi connectivity index (χ2v) is 8.75. The normalized spacial score (nSPS) is 12.7. The van der Waals surface area contributed by atoms with Gasteiger partial charge < -0.3 is 15.0 Å². The number of aryl methyl sites for hydroxylation is 3. The molecule has 2 aromatic rings. The van der Waals surface area contributed by atoms with Crippen LogP contribution in [0.4, 0.5) is 0 Å². The quantitative estimate of drug-likeness (QED) is 0.567. The summed E-state index contributed by atoms with van der Waals surface area (Å²) in [7, 11) is 0. The van der Waals surface area contributed by atoms with Crippen molar-refractivity contribution in [2.24, 2.45) is 0 Å². The lowest BCUT2D eigenvalue weighted by molar-refractivity contribution is -0.143. The summed E-state index contributed by atoms with van der Waals surface area (Å²) in [6.45, 7) is 14.3. The summed E-state index contributed by atoms with van der Waals surface area (Å²) in [4.78, 5) is 28.0. The Kier molecular flexibility index (Phi) is 9.30. The molecule has 0 heterocycles. The molecule has 5 heteroatoms. The van der Waals surface area contributed by atoms with Crippen molar-refractivity contribution in [3.8, 4) is 5.75 Å². The van der Waals surface area contributed by atoms with E-state index in [1.165, 1.54) is 0 Å². The lowest BCUT2D eigenvalue weighted by Gasteiger charge is -2.31. The lowest BCUT2D eigenvalue weighted by atomic mass is 10.1. The van der Waals surface area contributed by atoms with E-state index in [1.807, 2.05) is 72.7 Å². The molecule has 1 N–H and O–H groups in total. The zero-order chi connectivity index (χ0) is 23.8. The largest absolute Gasteiger partial charge is 0.483 e. The van der Waals surface area contributed by atoms with Crippen LogP contribution in [0.1, 0.15) is 61.4 Å². The van der Waals surface area contributed by atoms with Gasteiger partial charge in [0, 0.05) is 12.6 Å². The van der Waals surface area contributed by atoms with Crippen molar-refractivity contribution in [1.82, 2.24) is 10.2 Å². The third-order valence-corrected chi connectivity index (χ3v) is 5.94. The summed E-state index contributed by atoms with van der Waals surface area (Å²) in [5.74, 6) is 0.394. The minimum absolute atomic E-state index is 0.0571. The fraction of sp³-hybridized carbons (Fsp3) is 0.481. The van der Waals surface area contributed by atoms with E-state index < -0.39 is 6.04 Å². The Balaban J connectivity index is 2.27. The molecule has 174 valence electrons. The minimum Gasteiger partial charge on any atom is -0.483 e. The van der Waals surface area contributed by atoms with Gasteiger partial charge in [-0.25, -0.2) is 0 Å². The number of nitrogens with one attached hydrogen (secondary N) is 1. The Hall–Kier alpha value is -2.82. The van der Waals surface area contributed by atoms with Crippen LogP contribution in [-0.4, -0.2) is 35.4 Å². The maximum absolute atomic E-state index is 13.4. The van der Waals surface area contributed by atoms with Gasteiger partial charge in [-0.2, -0.15) is 0 Å². The standard InChI is InChI=1S/C27H38N2O3/c1-8-21(6)28-27(31)24(9-2)29(16-23-12-10-11-18(3)14-23)26(30)17-32-25-15-19(4)13-20(5)22(25)7/h10-15,21,24H,8-9,16-17H2,1-7H3,(H,28,31)/t21-,24+/m0/s1. The van der Waals surface area contributed by atoms with Gasteiger partial charge >= 0.3 is 0 Å². The van der Waals surface area contributed by atoms with Crippen LogP contribution in [0.25, 0.3) is 0 Å². The van der Waals surface area contributed by atoms with E-state index in [2.05, 4.69) is 17.4 Å². The molecular formula is C27H38N2O3. The summed E-state index contributed by atoms with van der Waals surface area (Å²) in [6, 6.07) is 11.6. The van der Waals surface area contributed by atoms with Crippen LogP contribution in [0.3, 0.4) is 0 Å². The molecule has 0 aromatic heterocycles. The number of hydrogen-bond acceptors (Lipinski definition) is 3. The molecular weight excluding hydrogens is 400 g/mol. The summed E-state index contributed by atoms with van der Waals surface area (Å²) in [6.07, 6.45) is 1.37. The van der Waals surface area contributed by atoms with Crippen molar-refractivity contribution >= 4 is 11.8 Å². The number of amides is 2. The summed E-state index contributed by atoms with van der Waals surface area (Å²) >= 11 is 0. The molecule has 0 bridgehead atoms. The Morgan fingerprint density at radius 2 is 1.72 bits per heavy atom. The molecule has 0 saturated carbocycles. The highest BCUT2D eigenvalue weighted by molar-refractivity contribution is 5.88.